The van der Waals surface area contributed by atoms with Crippen LogP contribution in [-0.4, -0.2) is 0 Å². The van der Waals surface area contributed by atoms with Crippen molar-refractivity contribution in [2.24, 2.45) is 0 Å². The molecule has 0 amide bonds. The maximum Gasteiger partial charge on any atom is 0.0991 e. The van der Waals surface area contributed by atoms with E-state index >= 15 is 0 Å². The van der Waals surface area contributed by atoms with Gasteiger partial charge in [-0.15, -0.1) is 11.3 Å². The normalized spacial score (nSPS) is 11.2. The van der Waals surface area contributed by atoms with Crippen LogP contribution in [0.15, 0.2) is 188 Å². The van der Waals surface area contributed by atoms with E-state index in [0.29, 0.717) is 11.1 Å². The molecule has 0 fully saturated rings. The van der Waals surface area contributed by atoms with Gasteiger partial charge in [-0.05, 0) is 134 Å². The predicted molar refractivity (Wildman–Crippen MR) is 235 cm³/mol. The smallest absolute Gasteiger partial charge is 0.0991 e. The highest BCUT2D eigenvalue weighted by atomic mass is 32.1. The molecular weight excluding hydrogens is 699 g/mol. The van der Waals surface area contributed by atoms with Crippen LogP contribution in [0.4, 0.5) is 17.1 Å². The fourth-order valence-corrected chi connectivity index (χ4v) is 9.05. The van der Waals surface area contributed by atoms with Crippen molar-refractivity contribution in [1.82, 2.24) is 0 Å². The van der Waals surface area contributed by atoms with Crippen LogP contribution in [0.1, 0.15) is 11.1 Å². The van der Waals surface area contributed by atoms with Gasteiger partial charge in [-0.3, -0.25) is 0 Å². The molecule has 0 radical (unpaired) electrons. The molecule has 10 rings (SSSR count). The molecule has 260 valence electrons. The van der Waals surface area contributed by atoms with Gasteiger partial charge in [-0.1, -0.05) is 109 Å². The summed E-state index contributed by atoms with van der Waals surface area (Å²) >= 11 is 1.85. The molecule has 0 atom stereocenters. The molecule has 0 aliphatic carbocycles. The van der Waals surface area contributed by atoms with Crippen LogP contribution in [0.5, 0.6) is 0 Å². The van der Waals surface area contributed by atoms with Crippen LogP contribution in [0, 0.1) is 22.7 Å². The SMILES string of the molecule is N#Cc1ccc2ccc(-c3ccc(N(c4ccc(-c5ccc6ccc(C#N)cc6c5)cc4)c4ccc(-c5cccc6c5sc5ccccc56)cc4)cc3)cc2c1. The lowest BCUT2D eigenvalue weighted by Gasteiger charge is -2.26. The van der Waals surface area contributed by atoms with Gasteiger partial charge in [0.25, 0.3) is 0 Å². The molecule has 4 heteroatoms. The van der Waals surface area contributed by atoms with Gasteiger partial charge in [0.1, 0.15) is 0 Å². The van der Waals surface area contributed by atoms with Crippen LogP contribution in [0.2, 0.25) is 0 Å². The molecule has 0 aliphatic rings. The Kier molecular flexibility index (Phi) is 8.11. The van der Waals surface area contributed by atoms with E-state index in [0.717, 1.165) is 60.9 Å². The van der Waals surface area contributed by atoms with E-state index in [4.69, 9.17) is 0 Å². The largest absolute Gasteiger partial charge is 0.311 e. The fraction of sp³-hybridized carbons (Fsp3) is 0. The Bertz CT molecular complexity index is 3060. The first kappa shape index (κ1) is 33.1. The average molecular weight is 730 g/mol. The van der Waals surface area contributed by atoms with Gasteiger partial charge in [0.15, 0.2) is 0 Å². The summed E-state index contributed by atoms with van der Waals surface area (Å²) in [5, 5.41) is 25.8. The molecule has 0 bridgehead atoms. The Morgan fingerprint density at radius 3 is 1.38 bits per heavy atom. The highest BCUT2D eigenvalue weighted by molar-refractivity contribution is 7.26. The topological polar surface area (TPSA) is 50.8 Å². The number of nitrogens with zero attached hydrogens (tertiary/aromatic N) is 3. The van der Waals surface area contributed by atoms with Crippen LogP contribution >= 0.6 is 11.3 Å². The van der Waals surface area contributed by atoms with Crippen molar-refractivity contribution < 1.29 is 0 Å². The van der Waals surface area contributed by atoms with Gasteiger partial charge in [0.05, 0.1) is 23.3 Å². The van der Waals surface area contributed by atoms with E-state index in [1.54, 1.807) is 0 Å². The highest BCUT2D eigenvalue weighted by Crippen LogP contribution is 2.42. The molecule has 3 nitrogen and oxygen atoms in total. The van der Waals surface area contributed by atoms with E-state index in [1.165, 1.54) is 31.3 Å². The second-order valence-electron chi connectivity index (χ2n) is 14.0. The maximum atomic E-state index is 9.46. The molecule has 56 heavy (non-hydrogen) atoms. The number of rotatable bonds is 6. The number of hydrogen-bond donors (Lipinski definition) is 0. The Labute approximate surface area is 328 Å². The average Bonchev–Trinajstić information content (AvgIpc) is 3.65. The zero-order valence-electron chi connectivity index (χ0n) is 30.1. The number of nitriles is 2. The lowest BCUT2D eigenvalue weighted by atomic mass is 9.99. The lowest BCUT2D eigenvalue weighted by Crippen LogP contribution is -2.09. The standard InChI is InChI=1S/C52H31N3S/c53-32-34-8-10-38-12-14-41(30-43(38)28-34)36-16-22-45(23-17-36)55(46-24-18-37(19-25-46)42-15-13-39-11-9-35(33-54)29-44(39)31-42)47-26-20-40(21-27-47)48-5-3-6-50-49-4-1-2-7-51(49)56-52(48)50/h1-31H. The van der Waals surface area contributed by atoms with Gasteiger partial charge >= 0.3 is 0 Å². The minimum absolute atomic E-state index is 0.659. The zero-order chi connectivity index (χ0) is 37.6. The molecule has 0 saturated heterocycles. The minimum Gasteiger partial charge on any atom is -0.311 e. The summed E-state index contributed by atoms with van der Waals surface area (Å²) in [5.41, 5.74) is 11.3. The molecule has 0 N–H and O–H groups in total. The number of anilines is 3. The van der Waals surface area contributed by atoms with Gasteiger partial charge in [-0.25, -0.2) is 0 Å². The summed E-state index contributed by atoms with van der Waals surface area (Å²) in [6, 6.07) is 70.6. The van der Waals surface area contributed by atoms with E-state index in [1.807, 2.05) is 47.7 Å². The first-order chi connectivity index (χ1) is 27.6. The summed E-state index contributed by atoms with van der Waals surface area (Å²) in [4.78, 5) is 2.30. The third kappa shape index (κ3) is 5.92. The molecule has 0 unspecified atom stereocenters. The van der Waals surface area contributed by atoms with Crippen molar-refractivity contribution in [1.29, 1.82) is 10.5 Å². The summed E-state index contributed by atoms with van der Waals surface area (Å²) < 4.78 is 2.61. The van der Waals surface area contributed by atoms with Gasteiger partial charge < -0.3 is 4.90 Å². The molecule has 10 aromatic rings. The second-order valence-corrected chi connectivity index (χ2v) is 15.1. The summed E-state index contributed by atoms with van der Waals surface area (Å²) in [6.45, 7) is 0. The third-order valence-electron chi connectivity index (χ3n) is 10.7. The van der Waals surface area contributed by atoms with Gasteiger partial charge in [0.2, 0.25) is 0 Å². The van der Waals surface area contributed by atoms with E-state index < -0.39 is 0 Å². The van der Waals surface area contributed by atoms with Crippen LogP contribution in [-0.2, 0) is 0 Å². The Hall–Kier alpha value is -7.50. The number of hydrogen-bond acceptors (Lipinski definition) is 4. The molecule has 9 aromatic carbocycles. The van der Waals surface area contributed by atoms with Crippen molar-refractivity contribution in [3.63, 3.8) is 0 Å². The van der Waals surface area contributed by atoms with Crippen LogP contribution in [0.25, 0.3) is 75.1 Å². The third-order valence-corrected chi connectivity index (χ3v) is 11.9. The lowest BCUT2D eigenvalue weighted by molar-refractivity contribution is 1.28. The van der Waals surface area contributed by atoms with Crippen molar-refractivity contribution in [3.8, 4) is 45.5 Å². The first-order valence-corrected chi connectivity index (χ1v) is 19.3. The highest BCUT2D eigenvalue weighted by Gasteiger charge is 2.16. The summed E-state index contributed by atoms with van der Waals surface area (Å²) in [6.07, 6.45) is 0. The molecule has 0 aliphatic heterocycles. The molecule has 0 saturated carbocycles. The van der Waals surface area contributed by atoms with Gasteiger partial charge in [-0.2, -0.15) is 10.5 Å². The minimum atomic E-state index is 0.659. The van der Waals surface area contributed by atoms with E-state index in [-0.39, 0.29) is 0 Å². The monoisotopic (exact) mass is 729 g/mol. The summed E-state index contributed by atoms with van der Waals surface area (Å²) in [7, 11) is 0. The first-order valence-electron chi connectivity index (χ1n) is 18.5. The van der Waals surface area contributed by atoms with Crippen molar-refractivity contribution in [3.05, 3.63) is 199 Å². The van der Waals surface area contributed by atoms with Gasteiger partial charge in [0, 0.05) is 37.2 Å². The van der Waals surface area contributed by atoms with E-state index in [9.17, 15) is 10.5 Å². The Morgan fingerprint density at radius 1 is 0.375 bits per heavy atom. The Balaban J connectivity index is 1.03. The predicted octanol–water partition coefficient (Wildman–Crippen LogP) is 14.6. The zero-order valence-corrected chi connectivity index (χ0v) is 31.0. The number of fused-ring (bicyclic) bond motifs is 5. The Morgan fingerprint density at radius 2 is 0.839 bits per heavy atom. The summed E-state index contributed by atoms with van der Waals surface area (Å²) in [5.74, 6) is 0. The van der Waals surface area contributed by atoms with E-state index in [2.05, 4.69) is 169 Å². The number of thiophene rings is 1. The quantitative estimate of drug-likeness (QED) is 0.171. The fourth-order valence-electron chi connectivity index (χ4n) is 7.81. The van der Waals surface area contributed by atoms with Crippen molar-refractivity contribution >= 4 is 70.1 Å². The molecule has 1 heterocycles. The molecular formula is C52H31N3S. The molecule has 1 aromatic heterocycles. The number of benzene rings is 9. The maximum absolute atomic E-state index is 9.46. The second kappa shape index (κ2) is 13.7. The van der Waals surface area contributed by atoms with Crippen molar-refractivity contribution in [2.45, 2.75) is 0 Å². The van der Waals surface area contributed by atoms with Crippen LogP contribution in [0.3, 0.4) is 0 Å². The van der Waals surface area contributed by atoms with Crippen LogP contribution < -0.4 is 4.90 Å². The molecule has 0 spiro atoms. The van der Waals surface area contributed by atoms with Crippen molar-refractivity contribution in [2.75, 3.05) is 4.90 Å².